The monoisotopic (exact) mass is 342 g/mol. The fourth-order valence-electron chi connectivity index (χ4n) is 1.75. The predicted molar refractivity (Wildman–Crippen MR) is 76.3 cm³/mol. The highest BCUT2D eigenvalue weighted by Gasteiger charge is 2.05. The molecule has 0 aliphatic carbocycles. The first kappa shape index (κ1) is 14.8. The number of rotatable bonds is 5. The summed E-state index contributed by atoms with van der Waals surface area (Å²) in [4.78, 5) is 0. The van der Waals surface area contributed by atoms with Gasteiger partial charge in [0.1, 0.15) is 18.2 Å². The Hall–Kier alpha value is -1.62. The molecule has 0 saturated heterocycles. The van der Waals surface area contributed by atoms with Crippen LogP contribution < -0.4 is 9.47 Å². The number of benzene rings is 2. The molecule has 2 nitrogen and oxygen atoms in total. The fourth-order valence-corrected chi connectivity index (χ4v) is 2.07. The molecule has 0 aliphatic rings. The highest BCUT2D eigenvalue weighted by atomic mass is 79.9. The standard InChI is InChI=1S/C15H13BrF2O2/c1-19-15-3-2-10(6-14(15)18)9-20-13-5-11(8-16)4-12(17)7-13/h2-7H,8-9H2,1H3. The molecule has 0 unspecified atom stereocenters. The van der Waals surface area contributed by atoms with Crippen molar-refractivity contribution in [3.8, 4) is 11.5 Å². The van der Waals surface area contributed by atoms with Crippen LogP contribution in [0.15, 0.2) is 36.4 Å². The number of hydrogen-bond acceptors (Lipinski definition) is 2. The summed E-state index contributed by atoms with van der Waals surface area (Å²) >= 11 is 3.26. The van der Waals surface area contributed by atoms with Gasteiger partial charge in [0.15, 0.2) is 11.6 Å². The minimum atomic E-state index is -0.450. The van der Waals surface area contributed by atoms with E-state index in [1.165, 1.54) is 31.4 Å². The minimum absolute atomic E-state index is 0.159. The van der Waals surface area contributed by atoms with Crippen molar-refractivity contribution in [3.63, 3.8) is 0 Å². The molecule has 106 valence electrons. The Bertz CT molecular complexity index is 602. The van der Waals surface area contributed by atoms with Gasteiger partial charge in [-0.05, 0) is 35.4 Å². The molecule has 0 N–H and O–H groups in total. The van der Waals surface area contributed by atoms with Gasteiger partial charge in [-0.25, -0.2) is 8.78 Å². The average molecular weight is 343 g/mol. The minimum Gasteiger partial charge on any atom is -0.494 e. The molecule has 2 rings (SSSR count). The molecule has 0 radical (unpaired) electrons. The average Bonchev–Trinajstić information content (AvgIpc) is 2.44. The van der Waals surface area contributed by atoms with Crippen molar-refractivity contribution in [2.24, 2.45) is 0 Å². The molecule has 0 saturated carbocycles. The lowest BCUT2D eigenvalue weighted by atomic mass is 10.2. The zero-order valence-electron chi connectivity index (χ0n) is 10.8. The summed E-state index contributed by atoms with van der Waals surface area (Å²) in [5.41, 5.74) is 1.42. The van der Waals surface area contributed by atoms with Gasteiger partial charge in [0.25, 0.3) is 0 Å². The van der Waals surface area contributed by atoms with Gasteiger partial charge in [-0.2, -0.15) is 0 Å². The van der Waals surface area contributed by atoms with Crippen molar-refractivity contribution >= 4 is 15.9 Å². The lowest BCUT2D eigenvalue weighted by Gasteiger charge is -2.09. The zero-order chi connectivity index (χ0) is 14.5. The molecule has 0 spiro atoms. The van der Waals surface area contributed by atoms with Crippen molar-refractivity contribution in [1.29, 1.82) is 0 Å². The normalized spacial score (nSPS) is 10.4. The van der Waals surface area contributed by atoms with E-state index in [1.54, 1.807) is 12.1 Å². The van der Waals surface area contributed by atoms with Crippen molar-refractivity contribution < 1.29 is 18.3 Å². The maximum Gasteiger partial charge on any atom is 0.165 e. The summed E-state index contributed by atoms with van der Waals surface area (Å²) < 4.78 is 37.2. The van der Waals surface area contributed by atoms with Crippen molar-refractivity contribution in [1.82, 2.24) is 0 Å². The van der Waals surface area contributed by atoms with Crippen molar-refractivity contribution in [2.75, 3.05) is 7.11 Å². The van der Waals surface area contributed by atoms with Crippen molar-refractivity contribution in [2.45, 2.75) is 11.9 Å². The van der Waals surface area contributed by atoms with Gasteiger partial charge in [0.05, 0.1) is 7.11 Å². The smallest absolute Gasteiger partial charge is 0.165 e. The van der Waals surface area contributed by atoms with Crippen LogP contribution in [0.4, 0.5) is 8.78 Å². The van der Waals surface area contributed by atoms with Crippen molar-refractivity contribution in [3.05, 3.63) is 59.2 Å². The molecule has 5 heteroatoms. The zero-order valence-corrected chi connectivity index (χ0v) is 12.4. The molecule has 0 aliphatic heterocycles. The Morgan fingerprint density at radius 1 is 1.05 bits per heavy atom. The SMILES string of the molecule is COc1ccc(COc2cc(F)cc(CBr)c2)cc1F. The Morgan fingerprint density at radius 3 is 2.50 bits per heavy atom. The van der Waals surface area contributed by atoms with Crippen LogP contribution in [0.25, 0.3) is 0 Å². The topological polar surface area (TPSA) is 18.5 Å². The predicted octanol–water partition coefficient (Wildman–Crippen LogP) is 4.45. The van der Waals surface area contributed by atoms with E-state index >= 15 is 0 Å². The van der Waals surface area contributed by atoms with Crippen LogP contribution in [-0.2, 0) is 11.9 Å². The third kappa shape index (κ3) is 3.70. The van der Waals surface area contributed by atoms with Crippen LogP contribution in [0, 0.1) is 11.6 Å². The van der Waals surface area contributed by atoms with E-state index in [2.05, 4.69) is 15.9 Å². The molecule has 0 bridgehead atoms. The number of alkyl halides is 1. The van der Waals surface area contributed by atoms with Crippen LogP contribution in [-0.4, -0.2) is 7.11 Å². The Labute approximate surface area is 124 Å². The van der Waals surface area contributed by atoms with E-state index < -0.39 is 5.82 Å². The molecular formula is C15H13BrF2O2. The van der Waals surface area contributed by atoms with Gasteiger partial charge in [0.2, 0.25) is 0 Å². The van der Waals surface area contributed by atoms with E-state index in [0.717, 1.165) is 5.56 Å². The lowest BCUT2D eigenvalue weighted by Crippen LogP contribution is -1.98. The van der Waals surface area contributed by atoms with E-state index in [4.69, 9.17) is 9.47 Å². The molecule has 0 amide bonds. The van der Waals surface area contributed by atoms with Crippen LogP contribution in [0.1, 0.15) is 11.1 Å². The second-order valence-corrected chi connectivity index (χ2v) is 4.75. The molecule has 2 aromatic carbocycles. The van der Waals surface area contributed by atoms with Gasteiger partial charge in [-0.15, -0.1) is 0 Å². The molecule has 0 atom stereocenters. The third-order valence-electron chi connectivity index (χ3n) is 2.71. The number of methoxy groups -OCH3 is 1. The van der Waals surface area contributed by atoms with Crippen LogP contribution in [0.3, 0.4) is 0 Å². The van der Waals surface area contributed by atoms with E-state index in [-0.39, 0.29) is 18.2 Å². The molecular weight excluding hydrogens is 330 g/mol. The molecule has 0 fully saturated rings. The molecule has 0 aromatic heterocycles. The van der Waals surface area contributed by atoms with E-state index in [0.29, 0.717) is 16.6 Å². The summed E-state index contributed by atoms with van der Waals surface area (Å²) in [6.07, 6.45) is 0. The lowest BCUT2D eigenvalue weighted by molar-refractivity contribution is 0.303. The van der Waals surface area contributed by atoms with Crippen LogP contribution in [0.5, 0.6) is 11.5 Å². The fraction of sp³-hybridized carbons (Fsp3) is 0.200. The highest BCUT2D eigenvalue weighted by Crippen LogP contribution is 2.21. The first-order valence-electron chi connectivity index (χ1n) is 5.93. The van der Waals surface area contributed by atoms with Crippen LogP contribution in [0.2, 0.25) is 0 Å². The second-order valence-electron chi connectivity index (χ2n) is 4.19. The molecule has 2 aromatic rings. The Morgan fingerprint density at radius 2 is 1.85 bits per heavy atom. The number of ether oxygens (including phenoxy) is 2. The van der Waals surface area contributed by atoms with Gasteiger partial charge in [-0.1, -0.05) is 22.0 Å². The second kappa shape index (κ2) is 6.70. The summed E-state index contributed by atoms with van der Waals surface area (Å²) in [7, 11) is 1.41. The van der Waals surface area contributed by atoms with Gasteiger partial charge >= 0.3 is 0 Å². The Kier molecular flexibility index (Phi) is 4.95. The summed E-state index contributed by atoms with van der Waals surface area (Å²) in [6.45, 7) is 0.159. The Balaban J connectivity index is 2.08. The largest absolute Gasteiger partial charge is 0.494 e. The third-order valence-corrected chi connectivity index (χ3v) is 3.35. The molecule has 0 heterocycles. The summed E-state index contributed by atoms with van der Waals surface area (Å²) in [5, 5.41) is 0.540. The van der Waals surface area contributed by atoms with Gasteiger partial charge in [0, 0.05) is 11.4 Å². The summed E-state index contributed by atoms with van der Waals surface area (Å²) in [6, 6.07) is 9.03. The maximum absolute atomic E-state index is 13.5. The first-order chi connectivity index (χ1) is 9.62. The van der Waals surface area contributed by atoms with Gasteiger partial charge in [-0.3, -0.25) is 0 Å². The number of halogens is 3. The van der Waals surface area contributed by atoms with E-state index in [1.807, 2.05) is 0 Å². The van der Waals surface area contributed by atoms with Gasteiger partial charge < -0.3 is 9.47 Å². The maximum atomic E-state index is 13.5. The number of hydrogen-bond donors (Lipinski definition) is 0. The quantitative estimate of drug-likeness (QED) is 0.747. The van der Waals surface area contributed by atoms with Crippen LogP contribution >= 0.6 is 15.9 Å². The summed E-state index contributed by atoms with van der Waals surface area (Å²) in [5.74, 6) is -0.219. The molecule has 20 heavy (non-hydrogen) atoms. The first-order valence-corrected chi connectivity index (χ1v) is 7.05. The van der Waals surface area contributed by atoms with E-state index in [9.17, 15) is 8.78 Å². The highest BCUT2D eigenvalue weighted by molar-refractivity contribution is 9.08.